The molecule has 10 heavy (non-hydrogen) atoms. The minimum absolute atomic E-state index is 0. The molecule has 48 valence electrons. The van der Waals surface area contributed by atoms with Crippen molar-refractivity contribution >= 4 is 22.6 Å². The van der Waals surface area contributed by atoms with Gasteiger partial charge in [0.25, 0.3) is 0 Å². The molecule has 0 atom stereocenters. The van der Waals surface area contributed by atoms with Crippen LogP contribution in [0.3, 0.4) is 0 Å². The summed E-state index contributed by atoms with van der Waals surface area (Å²) in [6.45, 7) is 0. The predicted molar refractivity (Wildman–Crippen MR) is 49.0 cm³/mol. The predicted octanol–water partition coefficient (Wildman–Crippen LogP) is 2.66. The molecule has 1 aromatic rings. The summed E-state index contributed by atoms with van der Waals surface area (Å²) in [7, 11) is 0. The SMILES string of the molecule is ICCc1ccccc1.[Zn+2]. The quantitative estimate of drug-likeness (QED) is 0.447. The maximum Gasteiger partial charge on any atom is 2.00 e. The van der Waals surface area contributed by atoms with Gasteiger partial charge in [-0.05, 0) is 12.0 Å². The van der Waals surface area contributed by atoms with Crippen LogP contribution in [0.4, 0.5) is 0 Å². The first kappa shape index (κ1) is 10.6. The molecule has 0 aromatic heterocycles. The summed E-state index contributed by atoms with van der Waals surface area (Å²) in [5.74, 6) is 0. The third-order valence-electron chi connectivity index (χ3n) is 1.23. The van der Waals surface area contributed by atoms with Crippen molar-refractivity contribution in [2.24, 2.45) is 0 Å². The van der Waals surface area contributed by atoms with Gasteiger partial charge in [-0.3, -0.25) is 0 Å². The van der Waals surface area contributed by atoms with Gasteiger partial charge in [0.2, 0.25) is 0 Å². The van der Waals surface area contributed by atoms with E-state index in [0.29, 0.717) is 0 Å². The molecule has 1 rings (SSSR count). The molecule has 0 saturated carbocycles. The van der Waals surface area contributed by atoms with Gasteiger partial charge in [0.15, 0.2) is 0 Å². The van der Waals surface area contributed by atoms with Crippen molar-refractivity contribution < 1.29 is 19.5 Å². The van der Waals surface area contributed by atoms with Gasteiger partial charge in [0.05, 0.1) is 0 Å². The molecule has 0 bridgehead atoms. The average Bonchev–Trinajstić information content (AvgIpc) is 1.91. The second-order valence-electron chi connectivity index (χ2n) is 1.92. The Labute approximate surface area is 88.3 Å². The van der Waals surface area contributed by atoms with Crippen molar-refractivity contribution in [2.75, 3.05) is 4.43 Å². The molecule has 0 spiro atoms. The third kappa shape index (κ3) is 3.67. The number of halogens is 1. The second-order valence-corrected chi connectivity index (χ2v) is 3.00. The second kappa shape index (κ2) is 6.29. The van der Waals surface area contributed by atoms with Crippen LogP contribution in [0.5, 0.6) is 0 Å². The van der Waals surface area contributed by atoms with Crippen LogP contribution >= 0.6 is 22.6 Å². The Morgan fingerprint density at radius 1 is 1.10 bits per heavy atom. The van der Waals surface area contributed by atoms with Gasteiger partial charge in [-0.1, -0.05) is 52.9 Å². The van der Waals surface area contributed by atoms with E-state index in [9.17, 15) is 0 Å². The van der Waals surface area contributed by atoms with Gasteiger partial charge < -0.3 is 0 Å². The molecule has 0 aliphatic heterocycles. The molecule has 2 heteroatoms. The zero-order valence-corrected chi connectivity index (χ0v) is 11.0. The largest absolute Gasteiger partial charge is 2.00 e. The molecule has 0 nitrogen and oxygen atoms in total. The van der Waals surface area contributed by atoms with Crippen LogP contribution < -0.4 is 0 Å². The monoisotopic (exact) mass is 296 g/mol. The Morgan fingerprint density at radius 3 is 2.20 bits per heavy atom. The molecule has 0 unspecified atom stereocenters. The zero-order valence-electron chi connectivity index (χ0n) is 5.89. The minimum atomic E-state index is 0. The summed E-state index contributed by atoms with van der Waals surface area (Å²) in [6, 6.07) is 10.6. The maximum absolute atomic E-state index is 2.39. The Hall–Kier alpha value is 0.573. The summed E-state index contributed by atoms with van der Waals surface area (Å²) in [4.78, 5) is 0. The Balaban J connectivity index is 0.000000810. The summed E-state index contributed by atoms with van der Waals surface area (Å²) in [6.07, 6.45) is 1.20. The van der Waals surface area contributed by atoms with Crippen LogP contribution in [0, 0.1) is 0 Å². The normalized spacial score (nSPS) is 8.50. The summed E-state index contributed by atoms with van der Waals surface area (Å²) >= 11 is 2.39. The Morgan fingerprint density at radius 2 is 1.70 bits per heavy atom. The fourth-order valence-electron chi connectivity index (χ4n) is 0.754. The molecular formula is C8H9IZn+2. The maximum atomic E-state index is 2.39. The standard InChI is InChI=1S/C8H9I.Zn/c9-7-6-8-4-2-1-3-5-8;/h1-5H,6-7H2;/q;+2. The molecule has 1 aromatic carbocycles. The number of aryl methyl sites for hydroxylation is 1. The smallest absolute Gasteiger partial charge is 0.0860 e. The fraction of sp³-hybridized carbons (Fsp3) is 0.250. The van der Waals surface area contributed by atoms with Crippen molar-refractivity contribution in [3.05, 3.63) is 35.9 Å². The van der Waals surface area contributed by atoms with E-state index in [4.69, 9.17) is 0 Å². The van der Waals surface area contributed by atoms with Gasteiger partial charge >= 0.3 is 19.5 Å². The van der Waals surface area contributed by atoms with Crippen LogP contribution in [0.15, 0.2) is 30.3 Å². The van der Waals surface area contributed by atoms with Gasteiger partial charge in [0.1, 0.15) is 0 Å². The molecular weight excluding hydrogens is 288 g/mol. The molecule has 0 heterocycles. The van der Waals surface area contributed by atoms with Crippen LogP contribution in [0.1, 0.15) is 5.56 Å². The van der Waals surface area contributed by atoms with Gasteiger partial charge in [0, 0.05) is 4.43 Å². The van der Waals surface area contributed by atoms with Crippen LogP contribution in [0.2, 0.25) is 0 Å². The van der Waals surface area contributed by atoms with Crippen molar-refractivity contribution in [1.29, 1.82) is 0 Å². The summed E-state index contributed by atoms with van der Waals surface area (Å²) in [5, 5.41) is 0. The number of benzene rings is 1. The average molecular weight is 297 g/mol. The van der Waals surface area contributed by atoms with Crippen LogP contribution in [-0.4, -0.2) is 4.43 Å². The van der Waals surface area contributed by atoms with Crippen molar-refractivity contribution in [3.8, 4) is 0 Å². The molecule has 0 aliphatic carbocycles. The first-order chi connectivity index (χ1) is 4.43. The van der Waals surface area contributed by atoms with Gasteiger partial charge in [-0.25, -0.2) is 0 Å². The number of hydrogen-bond donors (Lipinski definition) is 0. The van der Waals surface area contributed by atoms with Gasteiger partial charge in [-0.2, -0.15) is 0 Å². The van der Waals surface area contributed by atoms with E-state index in [2.05, 4.69) is 52.9 Å². The molecule has 0 N–H and O–H groups in total. The molecule has 0 saturated heterocycles. The molecule has 0 radical (unpaired) electrons. The molecule has 0 amide bonds. The van der Waals surface area contributed by atoms with E-state index in [1.807, 2.05) is 0 Å². The summed E-state index contributed by atoms with van der Waals surface area (Å²) in [5.41, 5.74) is 1.44. The minimum Gasteiger partial charge on any atom is -0.0860 e. The summed E-state index contributed by atoms with van der Waals surface area (Å²) < 4.78 is 1.21. The van der Waals surface area contributed by atoms with Crippen LogP contribution in [-0.2, 0) is 25.9 Å². The fourth-order valence-corrected chi connectivity index (χ4v) is 1.38. The van der Waals surface area contributed by atoms with Crippen molar-refractivity contribution in [3.63, 3.8) is 0 Å². The number of hydrogen-bond acceptors (Lipinski definition) is 0. The van der Waals surface area contributed by atoms with Crippen LogP contribution in [0.25, 0.3) is 0 Å². The topological polar surface area (TPSA) is 0 Å². The van der Waals surface area contributed by atoms with E-state index >= 15 is 0 Å². The Kier molecular flexibility index (Phi) is 6.66. The molecule has 0 fully saturated rings. The Bertz CT molecular complexity index is 162. The molecule has 0 aliphatic rings. The first-order valence-electron chi connectivity index (χ1n) is 3.03. The number of alkyl halides is 1. The third-order valence-corrected chi connectivity index (χ3v) is 1.77. The van der Waals surface area contributed by atoms with E-state index in [-0.39, 0.29) is 19.5 Å². The van der Waals surface area contributed by atoms with E-state index in [1.54, 1.807) is 0 Å². The number of rotatable bonds is 2. The van der Waals surface area contributed by atoms with Crippen molar-refractivity contribution in [2.45, 2.75) is 6.42 Å². The zero-order chi connectivity index (χ0) is 6.53. The van der Waals surface area contributed by atoms with E-state index in [0.717, 1.165) is 0 Å². The van der Waals surface area contributed by atoms with E-state index < -0.39 is 0 Å². The first-order valence-corrected chi connectivity index (χ1v) is 4.56. The van der Waals surface area contributed by atoms with Crippen molar-refractivity contribution in [1.82, 2.24) is 0 Å². The van der Waals surface area contributed by atoms with Gasteiger partial charge in [-0.15, -0.1) is 0 Å². The van der Waals surface area contributed by atoms with E-state index in [1.165, 1.54) is 16.4 Å².